The third-order valence-corrected chi connectivity index (χ3v) is 3.28. The van der Waals surface area contributed by atoms with Gasteiger partial charge in [0.15, 0.2) is 15.7 Å². The van der Waals surface area contributed by atoms with Gasteiger partial charge in [-0.05, 0) is 0 Å². The van der Waals surface area contributed by atoms with E-state index in [4.69, 9.17) is 5.73 Å². The lowest BCUT2D eigenvalue weighted by molar-refractivity contribution is 0.550. The summed E-state index contributed by atoms with van der Waals surface area (Å²) in [5, 5.41) is 7.54. The molecule has 0 saturated heterocycles. The Morgan fingerprint density at radius 1 is 1.62 bits per heavy atom. The van der Waals surface area contributed by atoms with Gasteiger partial charge in [-0.15, -0.1) is 5.10 Å². The first-order chi connectivity index (χ1) is 6.03. The fourth-order valence-corrected chi connectivity index (χ4v) is 1.51. The van der Waals surface area contributed by atoms with Crippen molar-refractivity contribution in [2.24, 2.45) is 0 Å². The van der Waals surface area contributed by atoms with Crippen molar-refractivity contribution in [1.29, 1.82) is 0 Å². The van der Waals surface area contributed by atoms with Crippen LogP contribution in [0, 0.1) is 0 Å². The van der Waals surface area contributed by atoms with Crippen molar-refractivity contribution in [3.63, 3.8) is 0 Å². The number of rotatable bonds is 4. The van der Waals surface area contributed by atoms with Crippen LogP contribution in [0.4, 0.5) is 5.82 Å². The molecule has 74 valence electrons. The summed E-state index contributed by atoms with van der Waals surface area (Å²) in [6.07, 6.45) is 1.39. The second kappa shape index (κ2) is 3.73. The summed E-state index contributed by atoms with van der Waals surface area (Å²) in [6.45, 7) is 1.87. The molecule has 0 aliphatic carbocycles. The standard InChI is InChI=1S/C6H12N4O2S/c1-2-13(11,12)4-3-10-8-5-6(7)9-10/h5H,2-4H2,1H3,(H2,7,9). The highest BCUT2D eigenvalue weighted by atomic mass is 32.2. The summed E-state index contributed by atoms with van der Waals surface area (Å²) in [4.78, 5) is 1.28. The molecular formula is C6H12N4O2S. The third-order valence-electron chi connectivity index (χ3n) is 1.60. The van der Waals surface area contributed by atoms with Gasteiger partial charge in [-0.1, -0.05) is 6.92 Å². The number of hydrogen-bond donors (Lipinski definition) is 1. The average Bonchev–Trinajstić information content (AvgIpc) is 2.48. The highest BCUT2D eigenvalue weighted by Crippen LogP contribution is 1.94. The molecular weight excluding hydrogens is 192 g/mol. The van der Waals surface area contributed by atoms with E-state index in [1.54, 1.807) is 6.92 Å². The lowest BCUT2D eigenvalue weighted by atomic mass is 10.8. The molecule has 0 aromatic carbocycles. The van der Waals surface area contributed by atoms with Crippen LogP contribution in [-0.2, 0) is 16.4 Å². The van der Waals surface area contributed by atoms with Gasteiger partial charge in [-0.25, -0.2) is 8.42 Å². The van der Waals surface area contributed by atoms with Crippen molar-refractivity contribution in [1.82, 2.24) is 15.0 Å². The highest BCUT2D eigenvalue weighted by molar-refractivity contribution is 7.91. The maximum absolute atomic E-state index is 11.1. The number of anilines is 1. The van der Waals surface area contributed by atoms with Crippen LogP contribution in [-0.4, -0.2) is 34.9 Å². The maximum atomic E-state index is 11.1. The van der Waals surface area contributed by atoms with Crippen molar-refractivity contribution in [2.45, 2.75) is 13.5 Å². The number of nitrogens with two attached hydrogens (primary N) is 1. The number of hydrogen-bond acceptors (Lipinski definition) is 5. The molecule has 0 aliphatic rings. The van der Waals surface area contributed by atoms with E-state index in [1.165, 1.54) is 11.0 Å². The van der Waals surface area contributed by atoms with Gasteiger partial charge in [0, 0.05) is 5.75 Å². The van der Waals surface area contributed by atoms with Crippen molar-refractivity contribution in [3.8, 4) is 0 Å². The topological polar surface area (TPSA) is 90.9 Å². The lowest BCUT2D eigenvalue weighted by Crippen LogP contribution is -2.16. The van der Waals surface area contributed by atoms with Crippen LogP contribution in [0.3, 0.4) is 0 Å². The Hall–Kier alpha value is -1.11. The molecule has 2 N–H and O–H groups in total. The molecule has 0 amide bonds. The Kier molecular flexibility index (Phi) is 2.86. The molecule has 0 radical (unpaired) electrons. The molecule has 0 fully saturated rings. The van der Waals surface area contributed by atoms with Gasteiger partial charge in [0.25, 0.3) is 0 Å². The largest absolute Gasteiger partial charge is 0.381 e. The van der Waals surface area contributed by atoms with Gasteiger partial charge < -0.3 is 5.73 Å². The van der Waals surface area contributed by atoms with E-state index in [1.807, 2.05) is 0 Å². The lowest BCUT2D eigenvalue weighted by Gasteiger charge is -1.99. The van der Waals surface area contributed by atoms with Crippen LogP contribution in [0.1, 0.15) is 6.92 Å². The van der Waals surface area contributed by atoms with Crippen LogP contribution in [0.15, 0.2) is 6.20 Å². The number of nitrogens with zero attached hydrogens (tertiary/aromatic N) is 3. The molecule has 0 aliphatic heterocycles. The minimum Gasteiger partial charge on any atom is -0.381 e. The normalized spacial score (nSPS) is 11.8. The minimum atomic E-state index is -2.95. The van der Waals surface area contributed by atoms with E-state index in [2.05, 4.69) is 10.2 Å². The van der Waals surface area contributed by atoms with Gasteiger partial charge >= 0.3 is 0 Å². The molecule has 0 atom stereocenters. The Labute approximate surface area is 76.7 Å². The van der Waals surface area contributed by atoms with Gasteiger partial charge in [-0.3, -0.25) is 0 Å². The molecule has 0 bridgehead atoms. The zero-order chi connectivity index (χ0) is 9.90. The van der Waals surface area contributed by atoms with Crippen LogP contribution < -0.4 is 5.73 Å². The van der Waals surface area contributed by atoms with Gasteiger partial charge in [0.2, 0.25) is 0 Å². The first-order valence-electron chi connectivity index (χ1n) is 3.89. The molecule has 1 aromatic heterocycles. The Bertz CT molecular complexity index is 370. The molecule has 1 aromatic rings. The summed E-state index contributed by atoms with van der Waals surface area (Å²) in [5.74, 6) is 0.496. The summed E-state index contributed by atoms with van der Waals surface area (Å²) in [5.41, 5.74) is 5.31. The number of nitrogen functional groups attached to an aromatic ring is 1. The van der Waals surface area contributed by atoms with Gasteiger partial charge in [0.1, 0.15) is 0 Å². The van der Waals surface area contributed by atoms with Crippen LogP contribution in [0.25, 0.3) is 0 Å². The minimum absolute atomic E-state index is 0.0532. The van der Waals surface area contributed by atoms with Crippen LogP contribution in [0.5, 0.6) is 0 Å². The van der Waals surface area contributed by atoms with E-state index < -0.39 is 9.84 Å². The average molecular weight is 204 g/mol. The first kappa shape index (κ1) is 9.97. The van der Waals surface area contributed by atoms with E-state index in [0.717, 1.165) is 0 Å². The summed E-state index contributed by atoms with van der Waals surface area (Å²) in [6, 6.07) is 0. The maximum Gasteiger partial charge on any atom is 0.165 e. The van der Waals surface area contributed by atoms with Gasteiger partial charge in [0.05, 0.1) is 18.5 Å². The zero-order valence-electron chi connectivity index (χ0n) is 7.34. The Morgan fingerprint density at radius 2 is 2.31 bits per heavy atom. The highest BCUT2D eigenvalue weighted by Gasteiger charge is 2.07. The number of aromatic nitrogens is 3. The molecule has 0 spiro atoms. The second-order valence-electron chi connectivity index (χ2n) is 2.60. The van der Waals surface area contributed by atoms with E-state index in [-0.39, 0.29) is 18.1 Å². The van der Waals surface area contributed by atoms with Crippen molar-refractivity contribution in [3.05, 3.63) is 6.20 Å². The molecule has 6 nitrogen and oxygen atoms in total. The SMILES string of the molecule is CCS(=O)(=O)CCn1ncc(N)n1. The fourth-order valence-electron chi connectivity index (χ4n) is 0.784. The summed E-state index contributed by atoms with van der Waals surface area (Å²) >= 11 is 0. The fraction of sp³-hybridized carbons (Fsp3) is 0.667. The van der Waals surface area contributed by atoms with Crippen molar-refractivity contribution in [2.75, 3.05) is 17.2 Å². The number of sulfone groups is 1. The van der Waals surface area contributed by atoms with Crippen molar-refractivity contribution < 1.29 is 8.42 Å². The van der Waals surface area contributed by atoms with Gasteiger partial charge in [-0.2, -0.15) is 9.90 Å². The van der Waals surface area contributed by atoms with E-state index in [9.17, 15) is 8.42 Å². The Balaban J connectivity index is 2.53. The smallest absolute Gasteiger partial charge is 0.165 e. The van der Waals surface area contributed by atoms with Crippen molar-refractivity contribution >= 4 is 15.7 Å². The third kappa shape index (κ3) is 3.02. The quantitative estimate of drug-likeness (QED) is 0.700. The van der Waals surface area contributed by atoms with Crippen LogP contribution >= 0.6 is 0 Å². The van der Waals surface area contributed by atoms with E-state index >= 15 is 0 Å². The number of aryl methyl sites for hydroxylation is 1. The first-order valence-corrected chi connectivity index (χ1v) is 5.71. The monoisotopic (exact) mass is 204 g/mol. The second-order valence-corrected chi connectivity index (χ2v) is 5.07. The zero-order valence-corrected chi connectivity index (χ0v) is 8.16. The van der Waals surface area contributed by atoms with E-state index in [0.29, 0.717) is 5.82 Å². The molecule has 0 unspecified atom stereocenters. The molecule has 1 heterocycles. The summed E-state index contributed by atoms with van der Waals surface area (Å²) < 4.78 is 22.2. The molecule has 7 heteroatoms. The predicted octanol–water partition coefficient (Wildman–Crippen LogP) is -0.705. The predicted molar refractivity (Wildman–Crippen MR) is 48.8 cm³/mol. The molecule has 0 saturated carbocycles. The Morgan fingerprint density at radius 3 is 2.77 bits per heavy atom. The molecule has 1 rings (SSSR count). The molecule has 13 heavy (non-hydrogen) atoms. The van der Waals surface area contributed by atoms with Crippen LogP contribution in [0.2, 0.25) is 0 Å². The summed E-state index contributed by atoms with van der Waals surface area (Å²) in [7, 11) is -2.95.